The highest BCUT2D eigenvalue weighted by Crippen LogP contribution is 2.36. The zero-order chi connectivity index (χ0) is 28.1. The van der Waals surface area contributed by atoms with Crippen molar-refractivity contribution in [2.75, 3.05) is 19.8 Å². The van der Waals surface area contributed by atoms with E-state index in [0.717, 1.165) is 19.3 Å². The molecule has 12 heteroatoms. The van der Waals surface area contributed by atoms with Crippen LogP contribution in [-0.2, 0) is 23.7 Å². The second-order valence-electron chi connectivity index (χ2n) is 10.3. The van der Waals surface area contributed by atoms with E-state index in [1.807, 2.05) is 0 Å². The van der Waals surface area contributed by atoms with E-state index in [4.69, 9.17) is 18.9 Å². The SMILES string of the molecule is CCCCCCCCCCCCCC(=O)OC[C@H]1O[C@H](O[C@]2(CO)O[C@H](CO)[C@@H](O)[C@@H]2O)[C@H](O)[C@@H](O)[C@@H]1O. The Labute approximate surface area is 224 Å². The summed E-state index contributed by atoms with van der Waals surface area (Å²) in [6.07, 6.45) is -0.0818. The highest BCUT2D eigenvalue weighted by atomic mass is 16.8. The largest absolute Gasteiger partial charge is 0.463 e. The molecule has 2 aliphatic rings. The second kappa shape index (κ2) is 17.0. The minimum absolute atomic E-state index is 0.193. The molecule has 2 rings (SSSR count). The lowest BCUT2D eigenvalue weighted by Gasteiger charge is -2.43. The van der Waals surface area contributed by atoms with Crippen molar-refractivity contribution in [2.24, 2.45) is 0 Å². The molecule has 0 unspecified atom stereocenters. The van der Waals surface area contributed by atoms with Crippen molar-refractivity contribution in [3.05, 3.63) is 0 Å². The Morgan fingerprint density at radius 1 is 0.763 bits per heavy atom. The molecule has 224 valence electrons. The van der Waals surface area contributed by atoms with Crippen LogP contribution in [0.25, 0.3) is 0 Å². The molecule has 0 saturated carbocycles. The highest BCUT2D eigenvalue weighted by molar-refractivity contribution is 5.69. The first kappa shape index (κ1) is 33.3. The van der Waals surface area contributed by atoms with Crippen LogP contribution in [0.5, 0.6) is 0 Å². The van der Waals surface area contributed by atoms with Gasteiger partial charge in [0.25, 0.3) is 0 Å². The molecule has 0 radical (unpaired) electrons. The Morgan fingerprint density at radius 3 is 1.87 bits per heavy atom. The predicted octanol–water partition coefficient (Wildman–Crippen LogP) is -0.144. The van der Waals surface area contributed by atoms with Crippen molar-refractivity contribution >= 4 is 5.97 Å². The van der Waals surface area contributed by atoms with Crippen LogP contribution in [0.4, 0.5) is 0 Å². The van der Waals surface area contributed by atoms with Crippen LogP contribution >= 0.6 is 0 Å². The molecule has 0 aromatic heterocycles. The molecule has 0 bridgehead atoms. The number of aliphatic hydroxyl groups excluding tert-OH is 7. The molecule has 0 aliphatic carbocycles. The molecule has 9 atom stereocenters. The Balaban J connectivity index is 1.73. The third kappa shape index (κ3) is 9.33. The number of ether oxygens (including phenoxy) is 4. The van der Waals surface area contributed by atoms with Crippen LogP contribution < -0.4 is 0 Å². The first-order valence-electron chi connectivity index (χ1n) is 14.0. The van der Waals surface area contributed by atoms with Crippen LogP contribution in [0.2, 0.25) is 0 Å². The molecule has 2 fully saturated rings. The average Bonchev–Trinajstić information content (AvgIpc) is 3.16. The number of unbranched alkanes of at least 4 members (excludes halogenated alkanes) is 10. The molecule has 38 heavy (non-hydrogen) atoms. The maximum absolute atomic E-state index is 12.2. The molecule has 12 nitrogen and oxygen atoms in total. The van der Waals surface area contributed by atoms with Crippen LogP contribution in [0, 0.1) is 0 Å². The van der Waals surface area contributed by atoms with Crippen molar-refractivity contribution in [3.8, 4) is 0 Å². The van der Waals surface area contributed by atoms with E-state index in [1.165, 1.54) is 44.9 Å². The molecule has 0 amide bonds. The standard InChI is InChI=1S/C26H48O12/c1-2-3-4-5-6-7-8-9-10-11-12-13-19(29)35-15-18-20(30)22(32)23(33)25(36-18)38-26(16-28)24(34)21(31)17(14-27)37-26/h17-18,20-25,27-28,30-34H,2-16H2,1H3/t17-,18-,20-,21-,22+,23-,24+,25-,26+/m1/s1. The highest BCUT2D eigenvalue weighted by Gasteiger charge is 2.58. The summed E-state index contributed by atoms with van der Waals surface area (Å²) in [6, 6.07) is 0. The number of esters is 1. The van der Waals surface area contributed by atoms with Crippen molar-refractivity contribution in [2.45, 2.75) is 139 Å². The summed E-state index contributed by atoms with van der Waals surface area (Å²) in [5.41, 5.74) is 0. The maximum Gasteiger partial charge on any atom is 0.305 e. The minimum Gasteiger partial charge on any atom is -0.463 e. The van der Waals surface area contributed by atoms with E-state index < -0.39 is 80.6 Å². The smallest absolute Gasteiger partial charge is 0.305 e. The summed E-state index contributed by atoms with van der Waals surface area (Å²) in [5.74, 6) is -2.76. The summed E-state index contributed by atoms with van der Waals surface area (Å²) in [7, 11) is 0. The topological polar surface area (TPSA) is 196 Å². The van der Waals surface area contributed by atoms with Gasteiger partial charge >= 0.3 is 5.97 Å². The predicted molar refractivity (Wildman–Crippen MR) is 134 cm³/mol. The fourth-order valence-corrected chi connectivity index (χ4v) is 4.80. The molecule has 0 spiro atoms. The molecule has 2 heterocycles. The normalized spacial score (nSPS) is 35.5. The Morgan fingerprint density at radius 2 is 1.34 bits per heavy atom. The molecule has 2 aliphatic heterocycles. The van der Waals surface area contributed by atoms with E-state index in [-0.39, 0.29) is 6.42 Å². The zero-order valence-electron chi connectivity index (χ0n) is 22.4. The number of hydrogen-bond acceptors (Lipinski definition) is 12. The summed E-state index contributed by atoms with van der Waals surface area (Å²) in [4.78, 5) is 12.2. The zero-order valence-corrected chi connectivity index (χ0v) is 22.4. The van der Waals surface area contributed by atoms with E-state index in [2.05, 4.69) is 6.92 Å². The first-order chi connectivity index (χ1) is 18.2. The van der Waals surface area contributed by atoms with Gasteiger partial charge in [0.05, 0.1) is 6.61 Å². The van der Waals surface area contributed by atoms with Gasteiger partial charge in [0.2, 0.25) is 5.79 Å². The average molecular weight is 553 g/mol. The van der Waals surface area contributed by atoms with Gasteiger partial charge in [0, 0.05) is 6.42 Å². The van der Waals surface area contributed by atoms with Gasteiger partial charge in [0.1, 0.15) is 55.9 Å². The number of carbonyl (C=O) groups is 1. The number of aliphatic hydroxyl groups is 7. The Hall–Kier alpha value is -0.930. The number of carbonyl (C=O) groups excluding carboxylic acids is 1. The van der Waals surface area contributed by atoms with Crippen LogP contribution in [0.15, 0.2) is 0 Å². The van der Waals surface area contributed by atoms with Gasteiger partial charge in [-0.2, -0.15) is 0 Å². The van der Waals surface area contributed by atoms with Crippen molar-refractivity contribution < 1.29 is 59.5 Å². The molecular weight excluding hydrogens is 504 g/mol. The Bertz CT molecular complexity index is 666. The van der Waals surface area contributed by atoms with Crippen LogP contribution in [0.1, 0.15) is 84.0 Å². The van der Waals surface area contributed by atoms with Gasteiger partial charge in [-0.05, 0) is 6.42 Å². The third-order valence-electron chi connectivity index (χ3n) is 7.28. The first-order valence-corrected chi connectivity index (χ1v) is 14.0. The molecule has 0 aromatic rings. The molecular formula is C26H48O12. The number of hydrogen-bond donors (Lipinski definition) is 7. The fraction of sp³-hybridized carbons (Fsp3) is 0.962. The van der Waals surface area contributed by atoms with Gasteiger partial charge in [-0.15, -0.1) is 0 Å². The van der Waals surface area contributed by atoms with Gasteiger partial charge in [-0.1, -0.05) is 71.1 Å². The fourth-order valence-electron chi connectivity index (χ4n) is 4.80. The van der Waals surface area contributed by atoms with Gasteiger partial charge in [0.15, 0.2) is 6.29 Å². The van der Waals surface area contributed by atoms with Crippen LogP contribution in [0.3, 0.4) is 0 Å². The van der Waals surface area contributed by atoms with Gasteiger partial charge in [-0.3, -0.25) is 4.79 Å². The third-order valence-corrected chi connectivity index (χ3v) is 7.28. The van der Waals surface area contributed by atoms with E-state index in [1.54, 1.807) is 0 Å². The second-order valence-corrected chi connectivity index (χ2v) is 10.3. The Kier molecular flexibility index (Phi) is 14.9. The summed E-state index contributed by atoms with van der Waals surface area (Å²) < 4.78 is 21.4. The molecule has 7 N–H and O–H groups in total. The molecule has 2 saturated heterocycles. The summed E-state index contributed by atoms with van der Waals surface area (Å²) >= 11 is 0. The van der Waals surface area contributed by atoms with Gasteiger partial charge < -0.3 is 54.7 Å². The van der Waals surface area contributed by atoms with Crippen molar-refractivity contribution in [3.63, 3.8) is 0 Å². The van der Waals surface area contributed by atoms with Crippen molar-refractivity contribution in [1.29, 1.82) is 0 Å². The van der Waals surface area contributed by atoms with Crippen molar-refractivity contribution in [1.82, 2.24) is 0 Å². The van der Waals surface area contributed by atoms with Crippen LogP contribution in [-0.4, -0.2) is 116 Å². The van der Waals surface area contributed by atoms with Gasteiger partial charge in [-0.25, -0.2) is 0 Å². The lowest BCUT2D eigenvalue weighted by atomic mass is 9.99. The van der Waals surface area contributed by atoms with E-state index >= 15 is 0 Å². The summed E-state index contributed by atoms with van der Waals surface area (Å²) in [6.45, 7) is 0.111. The van der Waals surface area contributed by atoms with E-state index in [9.17, 15) is 40.5 Å². The maximum atomic E-state index is 12.2. The monoisotopic (exact) mass is 552 g/mol. The minimum atomic E-state index is -2.27. The molecule has 0 aromatic carbocycles. The number of rotatable bonds is 18. The lowest BCUT2D eigenvalue weighted by Crippen LogP contribution is -2.62. The lowest BCUT2D eigenvalue weighted by molar-refractivity contribution is -0.383. The summed E-state index contributed by atoms with van der Waals surface area (Å²) in [5, 5.41) is 70.3. The van der Waals surface area contributed by atoms with E-state index in [0.29, 0.717) is 6.42 Å². The quantitative estimate of drug-likeness (QED) is 0.0879.